The van der Waals surface area contributed by atoms with E-state index in [4.69, 9.17) is 5.73 Å². The van der Waals surface area contributed by atoms with Crippen LogP contribution < -0.4 is 5.73 Å². The number of aryl methyl sites for hydroxylation is 2. The highest BCUT2D eigenvalue weighted by Crippen LogP contribution is 2.26. The van der Waals surface area contributed by atoms with Gasteiger partial charge in [0.1, 0.15) is 0 Å². The van der Waals surface area contributed by atoms with E-state index < -0.39 is 0 Å². The summed E-state index contributed by atoms with van der Waals surface area (Å²) in [5.41, 5.74) is 9.28. The molecule has 1 aromatic heterocycles. The second kappa shape index (κ2) is 2.37. The molecule has 12 heavy (non-hydrogen) atoms. The molecule has 64 valence electrons. The van der Waals surface area contributed by atoms with Crippen LogP contribution >= 0.6 is 0 Å². The van der Waals surface area contributed by atoms with E-state index in [2.05, 4.69) is 4.98 Å². The van der Waals surface area contributed by atoms with Crippen molar-refractivity contribution in [3.05, 3.63) is 22.5 Å². The average Bonchev–Trinajstić information content (AvgIpc) is 2.44. The Labute approximate surface area is 71.0 Å². The minimum atomic E-state index is -0.299. The fourth-order valence-corrected chi connectivity index (χ4v) is 2.01. The van der Waals surface area contributed by atoms with Crippen LogP contribution in [0.5, 0.6) is 0 Å². The molecule has 1 heterocycles. The molecule has 3 N–H and O–H groups in total. The molecule has 0 aromatic carbocycles. The van der Waals surface area contributed by atoms with Gasteiger partial charge in [-0.15, -0.1) is 0 Å². The van der Waals surface area contributed by atoms with Crippen molar-refractivity contribution in [3.8, 4) is 0 Å². The summed E-state index contributed by atoms with van der Waals surface area (Å²) in [5, 5.41) is 0. The molecule has 1 aliphatic rings. The van der Waals surface area contributed by atoms with Crippen LogP contribution in [0.2, 0.25) is 0 Å². The van der Waals surface area contributed by atoms with E-state index in [1.165, 1.54) is 5.69 Å². The van der Waals surface area contributed by atoms with Gasteiger partial charge < -0.3 is 10.7 Å². The number of H-pyrrole nitrogens is 1. The smallest absolute Gasteiger partial charge is 0.250 e. The Morgan fingerprint density at radius 1 is 1.50 bits per heavy atom. The molecule has 3 heteroatoms. The summed E-state index contributed by atoms with van der Waals surface area (Å²) in [6.07, 6.45) is 3.20. The number of fused-ring (bicyclic) bond motifs is 1. The van der Waals surface area contributed by atoms with Gasteiger partial charge in [-0.2, -0.15) is 0 Å². The third kappa shape index (κ3) is 0.858. The van der Waals surface area contributed by atoms with E-state index >= 15 is 0 Å². The third-order valence-corrected chi connectivity index (χ3v) is 2.48. The number of nitrogens with two attached hydrogens (primary N) is 1. The SMILES string of the molecule is Cc1[nH]c2c(c1C(N)=O)CCC2. The number of amides is 1. The van der Waals surface area contributed by atoms with Crippen LogP contribution in [0.15, 0.2) is 0 Å². The summed E-state index contributed by atoms with van der Waals surface area (Å²) >= 11 is 0. The number of nitrogens with one attached hydrogen (secondary N) is 1. The summed E-state index contributed by atoms with van der Waals surface area (Å²) in [6.45, 7) is 1.90. The van der Waals surface area contributed by atoms with Gasteiger partial charge in [0.05, 0.1) is 5.56 Å². The standard InChI is InChI=1S/C9H12N2O/c1-5-8(9(10)12)6-3-2-4-7(6)11-5/h11H,2-4H2,1H3,(H2,10,12). The van der Waals surface area contributed by atoms with Crippen molar-refractivity contribution >= 4 is 5.91 Å². The summed E-state index contributed by atoms with van der Waals surface area (Å²) in [6, 6.07) is 0. The molecule has 0 aliphatic heterocycles. The van der Waals surface area contributed by atoms with Crippen molar-refractivity contribution in [2.24, 2.45) is 5.73 Å². The topological polar surface area (TPSA) is 58.9 Å². The van der Waals surface area contributed by atoms with E-state index in [0.717, 1.165) is 36.1 Å². The van der Waals surface area contributed by atoms with Crippen LogP contribution in [-0.4, -0.2) is 10.9 Å². The molecule has 2 rings (SSSR count). The Kier molecular flexibility index (Phi) is 1.46. The molecule has 0 atom stereocenters. The summed E-state index contributed by atoms with van der Waals surface area (Å²) in [5.74, 6) is -0.299. The molecule has 1 aromatic rings. The monoisotopic (exact) mass is 164 g/mol. The molecule has 1 aliphatic carbocycles. The number of carbonyl (C=O) groups is 1. The quantitative estimate of drug-likeness (QED) is 0.636. The van der Waals surface area contributed by atoms with Gasteiger partial charge in [-0.05, 0) is 31.7 Å². The number of primary amides is 1. The highest BCUT2D eigenvalue weighted by atomic mass is 16.1. The molecule has 0 bridgehead atoms. The largest absolute Gasteiger partial charge is 0.366 e. The Bertz CT molecular complexity index is 339. The lowest BCUT2D eigenvalue weighted by atomic mass is 10.1. The zero-order valence-electron chi connectivity index (χ0n) is 7.11. The van der Waals surface area contributed by atoms with Crippen LogP contribution in [0.25, 0.3) is 0 Å². The van der Waals surface area contributed by atoms with Crippen molar-refractivity contribution in [2.45, 2.75) is 26.2 Å². The van der Waals surface area contributed by atoms with Crippen LogP contribution in [0.1, 0.15) is 33.7 Å². The van der Waals surface area contributed by atoms with Gasteiger partial charge in [0.2, 0.25) is 0 Å². The van der Waals surface area contributed by atoms with Crippen molar-refractivity contribution < 1.29 is 4.79 Å². The molecular formula is C9H12N2O. The van der Waals surface area contributed by atoms with Crippen LogP contribution in [0, 0.1) is 6.92 Å². The first-order chi connectivity index (χ1) is 5.70. The zero-order valence-corrected chi connectivity index (χ0v) is 7.11. The van der Waals surface area contributed by atoms with Gasteiger partial charge in [-0.1, -0.05) is 0 Å². The van der Waals surface area contributed by atoms with Gasteiger partial charge in [-0.3, -0.25) is 4.79 Å². The number of hydrogen-bond donors (Lipinski definition) is 2. The molecule has 0 unspecified atom stereocenters. The van der Waals surface area contributed by atoms with E-state index in [1.54, 1.807) is 0 Å². The van der Waals surface area contributed by atoms with Crippen molar-refractivity contribution in [3.63, 3.8) is 0 Å². The van der Waals surface area contributed by atoms with E-state index in [0.29, 0.717) is 0 Å². The first-order valence-electron chi connectivity index (χ1n) is 4.20. The highest BCUT2D eigenvalue weighted by molar-refractivity contribution is 5.96. The minimum Gasteiger partial charge on any atom is -0.366 e. The van der Waals surface area contributed by atoms with Crippen LogP contribution in [0.4, 0.5) is 0 Å². The van der Waals surface area contributed by atoms with Crippen LogP contribution in [-0.2, 0) is 12.8 Å². The first-order valence-corrected chi connectivity index (χ1v) is 4.20. The summed E-state index contributed by atoms with van der Waals surface area (Å²) < 4.78 is 0. The molecule has 3 nitrogen and oxygen atoms in total. The fourth-order valence-electron chi connectivity index (χ4n) is 2.01. The zero-order chi connectivity index (χ0) is 8.72. The Hall–Kier alpha value is -1.25. The number of aromatic nitrogens is 1. The average molecular weight is 164 g/mol. The summed E-state index contributed by atoms with van der Waals surface area (Å²) in [4.78, 5) is 14.3. The molecule has 0 saturated carbocycles. The third-order valence-electron chi connectivity index (χ3n) is 2.48. The molecule has 1 amide bonds. The van der Waals surface area contributed by atoms with Crippen molar-refractivity contribution in [1.82, 2.24) is 4.98 Å². The van der Waals surface area contributed by atoms with E-state index in [-0.39, 0.29) is 5.91 Å². The predicted octanol–water partition coefficient (Wildman–Crippen LogP) is 0.911. The molecular weight excluding hydrogens is 152 g/mol. The van der Waals surface area contributed by atoms with Gasteiger partial charge >= 0.3 is 0 Å². The lowest BCUT2D eigenvalue weighted by Crippen LogP contribution is -2.13. The molecule has 0 spiro atoms. The molecule has 0 radical (unpaired) electrons. The molecule has 0 fully saturated rings. The number of rotatable bonds is 1. The number of carbonyl (C=O) groups excluding carboxylic acids is 1. The lowest BCUT2D eigenvalue weighted by molar-refractivity contribution is 0.0999. The lowest BCUT2D eigenvalue weighted by Gasteiger charge is -1.96. The van der Waals surface area contributed by atoms with E-state index in [9.17, 15) is 4.79 Å². The summed E-state index contributed by atoms with van der Waals surface area (Å²) in [7, 11) is 0. The van der Waals surface area contributed by atoms with Gasteiger partial charge in [-0.25, -0.2) is 0 Å². The maximum absolute atomic E-state index is 11.0. The second-order valence-electron chi connectivity index (χ2n) is 3.30. The van der Waals surface area contributed by atoms with Crippen molar-refractivity contribution in [2.75, 3.05) is 0 Å². The Morgan fingerprint density at radius 3 is 2.92 bits per heavy atom. The highest BCUT2D eigenvalue weighted by Gasteiger charge is 2.22. The maximum atomic E-state index is 11.0. The van der Waals surface area contributed by atoms with E-state index in [1.807, 2.05) is 6.92 Å². The maximum Gasteiger partial charge on any atom is 0.250 e. The van der Waals surface area contributed by atoms with Crippen molar-refractivity contribution in [1.29, 1.82) is 0 Å². The number of hydrogen-bond acceptors (Lipinski definition) is 1. The van der Waals surface area contributed by atoms with Gasteiger partial charge in [0.15, 0.2) is 0 Å². The normalized spacial score (nSPS) is 14.8. The number of aromatic amines is 1. The Morgan fingerprint density at radius 2 is 2.25 bits per heavy atom. The first kappa shape index (κ1) is 7.40. The predicted molar refractivity (Wildman–Crippen MR) is 46.1 cm³/mol. The van der Waals surface area contributed by atoms with Gasteiger partial charge in [0.25, 0.3) is 5.91 Å². The van der Waals surface area contributed by atoms with Gasteiger partial charge in [0, 0.05) is 11.4 Å². The second-order valence-corrected chi connectivity index (χ2v) is 3.30. The fraction of sp³-hybridized carbons (Fsp3) is 0.444. The van der Waals surface area contributed by atoms with Crippen LogP contribution in [0.3, 0.4) is 0 Å². The molecule has 0 saturated heterocycles. The Balaban J connectivity index is 2.59. The minimum absolute atomic E-state index is 0.299.